The average molecular weight is 281 g/mol. The van der Waals surface area contributed by atoms with Gasteiger partial charge in [0.1, 0.15) is 5.82 Å². The highest BCUT2D eigenvalue weighted by atomic mass is 15.2. The van der Waals surface area contributed by atoms with Crippen LogP contribution in [0.4, 0.5) is 11.5 Å². The third kappa shape index (κ3) is 3.35. The maximum Gasteiger partial charge on any atom is 0.128 e. The van der Waals surface area contributed by atoms with E-state index in [-0.39, 0.29) is 0 Å². The van der Waals surface area contributed by atoms with Crippen LogP contribution in [0.5, 0.6) is 0 Å². The van der Waals surface area contributed by atoms with E-state index in [0.717, 1.165) is 31.7 Å². The summed E-state index contributed by atoms with van der Waals surface area (Å²) in [5.41, 5.74) is 3.95. The topological polar surface area (TPSA) is 28.2 Å². The molecule has 21 heavy (non-hydrogen) atoms. The largest absolute Gasteiger partial charge is 0.382 e. The first-order chi connectivity index (χ1) is 10.2. The Morgan fingerprint density at radius 1 is 1.05 bits per heavy atom. The van der Waals surface area contributed by atoms with Gasteiger partial charge in [-0.05, 0) is 62.1 Å². The Hall–Kier alpha value is -2.03. The van der Waals surface area contributed by atoms with Crippen molar-refractivity contribution in [2.45, 2.75) is 32.7 Å². The Balaban J connectivity index is 1.57. The molecule has 1 fully saturated rings. The van der Waals surface area contributed by atoms with Gasteiger partial charge in [-0.3, -0.25) is 0 Å². The minimum Gasteiger partial charge on any atom is -0.382 e. The van der Waals surface area contributed by atoms with Crippen LogP contribution >= 0.6 is 0 Å². The smallest absolute Gasteiger partial charge is 0.128 e. The summed E-state index contributed by atoms with van der Waals surface area (Å²) in [6, 6.07) is 13.3. The third-order valence-electron chi connectivity index (χ3n) is 4.35. The van der Waals surface area contributed by atoms with Crippen LogP contribution < -0.4 is 10.2 Å². The molecule has 0 bridgehead atoms. The van der Waals surface area contributed by atoms with Gasteiger partial charge in [0, 0.05) is 31.0 Å². The molecule has 3 heteroatoms. The first kappa shape index (κ1) is 13.9. The van der Waals surface area contributed by atoms with Gasteiger partial charge in [-0.15, -0.1) is 0 Å². The highest BCUT2D eigenvalue weighted by Gasteiger charge is 2.19. The molecule has 0 amide bonds. The Morgan fingerprint density at radius 3 is 2.52 bits per heavy atom. The lowest BCUT2D eigenvalue weighted by Gasteiger charge is -2.33. The number of piperidine rings is 1. The summed E-state index contributed by atoms with van der Waals surface area (Å²) in [5.74, 6) is 1.10. The van der Waals surface area contributed by atoms with Gasteiger partial charge in [0.25, 0.3) is 0 Å². The van der Waals surface area contributed by atoms with E-state index in [9.17, 15) is 0 Å². The molecular formula is C18H23N3. The Morgan fingerprint density at radius 2 is 1.86 bits per heavy atom. The molecule has 2 aromatic rings. The zero-order valence-corrected chi connectivity index (χ0v) is 12.8. The second kappa shape index (κ2) is 6.17. The third-order valence-corrected chi connectivity index (χ3v) is 4.35. The maximum absolute atomic E-state index is 4.44. The lowest BCUT2D eigenvalue weighted by atomic mass is 10.0. The van der Waals surface area contributed by atoms with Crippen molar-refractivity contribution < 1.29 is 0 Å². The average Bonchev–Trinajstić information content (AvgIpc) is 2.53. The van der Waals surface area contributed by atoms with Gasteiger partial charge in [0.2, 0.25) is 0 Å². The lowest BCUT2D eigenvalue weighted by molar-refractivity contribution is 0.523. The van der Waals surface area contributed by atoms with Crippen molar-refractivity contribution in [3.63, 3.8) is 0 Å². The second-order valence-electron chi connectivity index (χ2n) is 5.89. The van der Waals surface area contributed by atoms with E-state index in [1.165, 1.54) is 16.8 Å². The summed E-state index contributed by atoms with van der Waals surface area (Å²) in [5, 5.41) is 3.67. The van der Waals surface area contributed by atoms with Crippen LogP contribution in [0.3, 0.4) is 0 Å². The van der Waals surface area contributed by atoms with Gasteiger partial charge in [0.15, 0.2) is 0 Å². The van der Waals surface area contributed by atoms with E-state index in [4.69, 9.17) is 0 Å². The summed E-state index contributed by atoms with van der Waals surface area (Å²) >= 11 is 0. The minimum atomic E-state index is 0.562. The molecule has 0 radical (unpaired) electrons. The molecule has 0 unspecified atom stereocenters. The lowest BCUT2D eigenvalue weighted by Crippen LogP contribution is -2.39. The van der Waals surface area contributed by atoms with Crippen LogP contribution in [0, 0.1) is 13.8 Å². The number of hydrogen-bond donors (Lipinski definition) is 1. The van der Waals surface area contributed by atoms with Crippen molar-refractivity contribution in [2.24, 2.45) is 0 Å². The molecule has 1 aliphatic heterocycles. The normalized spacial score (nSPS) is 16.0. The number of aryl methyl sites for hydroxylation is 2. The Bertz CT molecular complexity index is 587. The van der Waals surface area contributed by atoms with Crippen molar-refractivity contribution in [1.82, 2.24) is 4.98 Å². The number of benzene rings is 1. The summed E-state index contributed by atoms with van der Waals surface area (Å²) in [6.45, 7) is 6.47. The van der Waals surface area contributed by atoms with Gasteiger partial charge < -0.3 is 10.2 Å². The Labute approximate surface area is 127 Å². The van der Waals surface area contributed by atoms with E-state index in [0.29, 0.717) is 6.04 Å². The zero-order valence-electron chi connectivity index (χ0n) is 12.8. The SMILES string of the molecule is Cc1ccc(NC2CCN(c3ccccn3)CC2)cc1C. The fraction of sp³-hybridized carbons (Fsp3) is 0.389. The van der Waals surface area contributed by atoms with Crippen molar-refractivity contribution in [1.29, 1.82) is 0 Å². The first-order valence-electron chi connectivity index (χ1n) is 7.72. The highest BCUT2D eigenvalue weighted by molar-refractivity contribution is 5.49. The van der Waals surface area contributed by atoms with E-state index >= 15 is 0 Å². The van der Waals surface area contributed by atoms with Crippen molar-refractivity contribution in [3.05, 3.63) is 53.7 Å². The predicted octanol–water partition coefficient (Wildman–Crippen LogP) is 3.78. The molecule has 2 heterocycles. The summed E-state index contributed by atoms with van der Waals surface area (Å²) in [7, 11) is 0. The molecule has 0 aliphatic carbocycles. The molecule has 3 rings (SSSR count). The number of pyridine rings is 1. The van der Waals surface area contributed by atoms with Crippen molar-refractivity contribution in [3.8, 4) is 0 Å². The summed E-state index contributed by atoms with van der Waals surface area (Å²) < 4.78 is 0. The monoisotopic (exact) mass is 281 g/mol. The zero-order chi connectivity index (χ0) is 14.7. The Kier molecular flexibility index (Phi) is 4.09. The van der Waals surface area contributed by atoms with Gasteiger partial charge in [-0.2, -0.15) is 0 Å². The van der Waals surface area contributed by atoms with Crippen LogP contribution in [0.15, 0.2) is 42.6 Å². The number of hydrogen-bond acceptors (Lipinski definition) is 3. The number of nitrogens with zero attached hydrogens (tertiary/aromatic N) is 2. The predicted molar refractivity (Wildman–Crippen MR) is 89.0 cm³/mol. The molecule has 3 nitrogen and oxygen atoms in total. The molecule has 1 N–H and O–H groups in total. The molecule has 0 spiro atoms. The summed E-state index contributed by atoms with van der Waals surface area (Å²) in [4.78, 5) is 6.81. The molecule has 1 aliphatic rings. The fourth-order valence-electron chi connectivity index (χ4n) is 2.86. The molecule has 1 aromatic heterocycles. The van der Waals surface area contributed by atoms with E-state index in [2.05, 4.69) is 59.4 Å². The first-order valence-corrected chi connectivity index (χ1v) is 7.72. The molecule has 1 aromatic carbocycles. The van der Waals surface area contributed by atoms with E-state index < -0.39 is 0 Å². The van der Waals surface area contributed by atoms with E-state index in [1.807, 2.05) is 12.3 Å². The quantitative estimate of drug-likeness (QED) is 0.928. The van der Waals surface area contributed by atoms with Crippen LogP contribution in [0.25, 0.3) is 0 Å². The number of nitrogens with one attached hydrogen (secondary N) is 1. The van der Waals surface area contributed by atoms with Crippen LogP contribution in [-0.2, 0) is 0 Å². The minimum absolute atomic E-state index is 0.562. The van der Waals surface area contributed by atoms with Gasteiger partial charge in [0.05, 0.1) is 0 Å². The molecule has 110 valence electrons. The van der Waals surface area contributed by atoms with Gasteiger partial charge >= 0.3 is 0 Å². The maximum atomic E-state index is 4.44. The van der Waals surface area contributed by atoms with E-state index in [1.54, 1.807) is 0 Å². The highest BCUT2D eigenvalue weighted by Crippen LogP contribution is 2.21. The van der Waals surface area contributed by atoms with Crippen LogP contribution in [0.2, 0.25) is 0 Å². The van der Waals surface area contributed by atoms with Gasteiger partial charge in [-0.1, -0.05) is 12.1 Å². The van der Waals surface area contributed by atoms with Crippen LogP contribution in [0.1, 0.15) is 24.0 Å². The molecule has 1 saturated heterocycles. The molecule has 0 atom stereocenters. The van der Waals surface area contributed by atoms with Crippen LogP contribution in [-0.4, -0.2) is 24.1 Å². The van der Waals surface area contributed by atoms with Gasteiger partial charge in [-0.25, -0.2) is 4.98 Å². The molecule has 0 saturated carbocycles. The van der Waals surface area contributed by atoms with Crippen molar-refractivity contribution >= 4 is 11.5 Å². The number of aromatic nitrogens is 1. The fourth-order valence-corrected chi connectivity index (χ4v) is 2.86. The summed E-state index contributed by atoms with van der Waals surface area (Å²) in [6.07, 6.45) is 4.18. The van der Waals surface area contributed by atoms with Crippen molar-refractivity contribution in [2.75, 3.05) is 23.3 Å². The number of rotatable bonds is 3. The molecular weight excluding hydrogens is 258 g/mol. The standard InChI is InChI=1S/C18H23N3/c1-14-6-7-17(13-15(14)2)20-16-8-11-21(12-9-16)18-5-3-4-10-19-18/h3-7,10,13,16,20H,8-9,11-12H2,1-2H3. The number of anilines is 2. The second-order valence-corrected chi connectivity index (χ2v) is 5.89.